The zero-order valence-corrected chi connectivity index (χ0v) is 16.5. The van der Waals surface area contributed by atoms with E-state index in [0.717, 1.165) is 37.7 Å². The monoisotopic (exact) mass is 386 g/mol. The van der Waals surface area contributed by atoms with Crippen LogP contribution in [0, 0.1) is 17.3 Å². The number of hydrogen-bond donors (Lipinski definition) is 0. The summed E-state index contributed by atoms with van der Waals surface area (Å²) in [5.74, 6) is 1.65. The Morgan fingerprint density at radius 2 is 1.48 bits per heavy atom. The number of benzene rings is 1. The van der Waals surface area contributed by atoms with Gasteiger partial charge in [-0.3, -0.25) is 9.59 Å². The fourth-order valence-electron chi connectivity index (χ4n) is 6.61. The molecule has 0 N–H and O–H groups in total. The van der Waals surface area contributed by atoms with Crippen LogP contribution in [0.25, 0.3) is 0 Å². The Labute approximate surface area is 165 Å². The normalized spacial score (nSPS) is 37.5. The number of alkyl halides is 1. The number of piperazine rings is 1. The summed E-state index contributed by atoms with van der Waals surface area (Å²) >= 11 is 6.91. The number of hydrogen-bond acceptors (Lipinski definition) is 2. The molecule has 5 fully saturated rings. The average molecular weight is 387 g/mol. The van der Waals surface area contributed by atoms with Crippen LogP contribution in [0.3, 0.4) is 0 Å². The molecule has 1 aromatic rings. The second kappa shape index (κ2) is 6.23. The van der Waals surface area contributed by atoms with Crippen molar-refractivity contribution in [1.29, 1.82) is 0 Å². The van der Waals surface area contributed by atoms with Crippen molar-refractivity contribution in [2.24, 2.45) is 17.3 Å². The number of carbonyl (C=O) groups excluding carboxylic acids is 2. The molecule has 1 heterocycles. The zero-order chi connectivity index (χ0) is 18.6. The smallest absolute Gasteiger partial charge is 0.253 e. The highest BCUT2D eigenvalue weighted by atomic mass is 35.5. The van der Waals surface area contributed by atoms with Crippen LogP contribution in [0.5, 0.6) is 0 Å². The minimum absolute atomic E-state index is 0.0669. The summed E-state index contributed by atoms with van der Waals surface area (Å²) in [6.07, 6.45) is 6.37. The molecule has 1 aromatic carbocycles. The van der Waals surface area contributed by atoms with E-state index >= 15 is 0 Å². The van der Waals surface area contributed by atoms with Gasteiger partial charge in [0.15, 0.2) is 0 Å². The van der Waals surface area contributed by atoms with Gasteiger partial charge in [0.1, 0.15) is 0 Å². The fourth-order valence-corrected chi connectivity index (χ4v) is 7.30. The van der Waals surface area contributed by atoms with E-state index in [9.17, 15) is 9.59 Å². The third-order valence-electron chi connectivity index (χ3n) is 7.32. The number of carbonyl (C=O) groups is 2. The van der Waals surface area contributed by atoms with Crippen molar-refractivity contribution >= 4 is 23.4 Å². The molecule has 0 spiro atoms. The van der Waals surface area contributed by atoms with Gasteiger partial charge in [-0.15, -0.1) is 11.6 Å². The van der Waals surface area contributed by atoms with Crippen molar-refractivity contribution in [3.8, 4) is 0 Å². The molecule has 1 saturated heterocycles. The van der Waals surface area contributed by atoms with E-state index in [1.165, 1.54) is 6.42 Å². The van der Waals surface area contributed by atoms with E-state index < -0.39 is 0 Å². The minimum Gasteiger partial charge on any atom is -0.339 e. The molecule has 2 unspecified atom stereocenters. The van der Waals surface area contributed by atoms with Gasteiger partial charge in [0.2, 0.25) is 5.91 Å². The van der Waals surface area contributed by atoms with Gasteiger partial charge in [0.25, 0.3) is 5.91 Å². The van der Waals surface area contributed by atoms with Gasteiger partial charge in [-0.2, -0.15) is 0 Å². The molecule has 4 nitrogen and oxygen atoms in total. The van der Waals surface area contributed by atoms with Gasteiger partial charge in [-0.25, -0.2) is 0 Å². The molecule has 6 rings (SSSR count). The first-order valence-electron chi connectivity index (χ1n) is 10.3. The third-order valence-corrected chi connectivity index (χ3v) is 7.76. The van der Waals surface area contributed by atoms with Crippen LogP contribution in [0.2, 0.25) is 0 Å². The lowest BCUT2D eigenvalue weighted by Crippen LogP contribution is -2.61. The number of amides is 2. The second-order valence-electron chi connectivity index (χ2n) is 9.34. The Morgan fingerprint density at radius 1 is 0.889 bits per heavy atom. The Kier molecular flexibility index (Phi) is 4.05. The molecular formula is C22H27ClN2O2. The molecule has 27 heavy (non-hydrogen) atoms. The maximum Gasteiger partial charge on any atom is 0.253 e. The van der Waals surface area contributed by atoms with Crippen LogP contribution in [-0.2, 0) is 4.79 Å². The predicted octanol–water partition coefficient (Wildman–Crippen LogP) is 3.55. The molecule has 0 aromatic heterocycles. The van der Waals surface area contributed by atoms with Crippen molar-refractivity contribution in [2.45, 2.75) is 43.4 Å². The average Bonchev–Trinajstić information content (AvgIpc) is 2.66. The van der Waals surface area contributed by atoms with Gasteiger partial charge in [-0.1, -0.05) is 18.2 Å². The van der Waals surface area contributed by atoms with Crippen molar-refractivity contribution in [3.05, 3.63) is 35.9 Å². The predicted molar refractivity (Wildman–Crippen MR) is 105 cm³/mol. The van der Waals surface area contributed by atoms with E-state index in [1.54, 1.807) is 0 Å². The lowest BCUT2D eigenvalue weighted by atomic mass is 9.49. The van der Waals surface area contributed by atoms with Crippen LogP contribution in [0.4, 0.5) is 0 Å². The lowest BCUT2D eigenvalue weighted by molar-refractivity contribution is -0.157. The van der Waals surface area contributed by atoms with E-state index in [4.69, 9.17) is 11.6 Å². The molecule has 4 atom stereocenters. The van der Waals surface area contributed by atoms with E-state index in [-0.39, 0.29) is 16.2 Å². The highest BCUT2D eigenvalue weighted by molar-refractivity contribution is 6.24. The highest BCUT2D eigenvalue weighted by Gasteiger charge is 2.60. The molecule has 144 valence electrons. The van der Waals surface area contributed by atoms with Crippen molar-refractivity contribution in [2.75, 3.05) is 26.2 Å². The first kappa shape index (κ1) is 17.5. The van der Waals surface area contributed by atoms with Gasteiger partial charge in [-0.05, 0) is 62.5 Å². The Hall–Kier alpha value is -1.55. The Balaban J connectivity index is 1.26. The number of rotatable bonds is 2. The summed E-state index contributed by atoms with van der Waals surface area (Å²) in [6.45, 7) is 2.52. The summed E-state index contributed by atoms with van der Waals surface area (Å²) in [6, 6.07) is 9.41. The molecule has 4 aliphatic carbocycles. The van der Waals surface area contributed by atoms with Gasteiger partial charge < -0.3 is 9.80 Å². The topological polar surface area (TPSA) is 40.6 Å². The highest BCUT2D eigenvalue weighted by Crippen LogP contribution is 2.64. The molecule has 5 heteroatoms. The first-order valence-corrected chi connectivity index (χ1v) is 10.7. The quantitative estimate of drug-likeness (QED) is 0.729. The summed E-state index contributed by atoms with van der Waals surface area (Å²) in [4.78, 5) is 29.9. The molecule has 2 amide bonds. The molecule has 1 aliphatic heterocycles. The lowest BCUT2D eigenvalue weighted by Gasteiger charge is -2.60. The van der Waals surface area contributed by atoms with Gasteiger partial charge >= 0.3 is 0 Å². The Bertz CT molecular complexity index is 743. The first-order chi connectivity index (χ1) is 13.0. The van der Waals surface area contributed by atoms with Crippen LogP contribution in [0.1, 0.15) is 48.9 Å². The van der Waals surface area contributed by atoms with Crippen LogP contribution >= 0.6 is 11.6 Å². The minimum atomic E-state index is -0.225. The summed E-state index contributed by atoms with van der Waals surface area (Å²) < 4.78 is 0. The second-order valence-corrected chi connectivity index (χ2v) is 10.1. The van der Waals surface area contributed by atoms with E-state index in [1.807, 2.05) is 40.1 Å². The molecule has 5 aliphatic rings. The fraction of sp³-hybridized carbons (Fsp3) is 0.636. The maximum absolute atomic E-state index is 13.5. The van der Waals surface area contributed by atoms with Gasteiger partial charge in [0, 0.05) is 36.6 Å². The third kappa shape index (κ3) is 2.97. The summed E-state index contributed by atoms with van der Waals surface area (Å²) in [5, 5.41) is 0. The van der Waals surface area contributed by atoms with E-state index in [2.05, 4.69) is 0 Å². The van der Waals surface area contributed by atoms with Crippen molar-refractivity contribution in [3.63, 3.8) is 0 Å². The van der Waals surface area contributed by atoms with Crippen LogP contribution in [0.15, 0.2) is 30.3 Å². The largest absolute Gasteiger partial charge is 0.339 e. The SMILES string of the molecule is O=C(c1ccccc1)N1CCN(C(=O)C23C[C@@H]4C[C@@H](CC(Cl)(C4)C2)C3)CC1. The standard InChI is InChI=1S/C22H27ClN2O2/c23-22-13-16-10-17(14-22)12-21(11-16,15-22)20(27)25-8-6-24(7-9-25)19(26)18-4-2-1-3-5-18/h1-5,16-17H,6-15H2/t16-,17+,21?,22?. The Morgan fingerprint density at radius 3 is 2.07 bits per heavy atom. The van der Waals surface area contributed by atoms with Crippen molar-refractivity contribution in [1.82, 2.24) is 9.80 Å². The van der Waals surface area contributed by atoms with Crippen LogP contribution < -0.4 is 0 Å². The molecule has 4 saturated carbocycles. The molecule has 0 radical (unpaired) electrons. The summed E-state index contributed by atoms with van der Waals surface area (Å²) in [5.41, 5.74) is 0.500. The van der Waals surface area contributed by atoms with Crippen LogP contribution in [-0.4, -0.2) is 52.7 Å². The zero-order valence-electron chi connectivity index (χ0n) is 15.7. The molecular weight excluding hydrogens is 360 g/mol. The van der Waals surface area contributed by atoms with Crippen molar-refractivity contribution < 1.29 is 9.59 Å². The number of halogens is 1. The number of nitrogens with zero attached hydrogens (tertiary/aromatic N) is 2. The van der Waals surface area contributed by atoms with Gasteiger partial charge in [0.05, 0.1) is 5.41 Å². The molecule has 4 bridgehead atoms. The summed E-state index contributed by atoms with van der Waals surface area (Å²) in [7, 11) is 0. The maximum atomic E-state index is 13.5. The van der Waals surface area contributed by atoms with E-state index in [0.29, 0.717) is 43.9 Å².